The second-order valence-electron chi connectivity index (χ2n) is 7.72. The highest BCUT2D eigenvalue weighted by Crippen LogP contribution is 2.36. The highest BCUT2D eigenvalue weighted by Gasteiger charge is 2.26. The molecule has 0 saturated carbocycles. The van der Waals surface area contributed by atoms with Gasteiger partial charge in [-0.2, -0.15) is 0 Å². The Hall–Kier alpha value is -2.91. The lowest BCUT2D eigenvalue weighted by Crippen LogP contribution is -2.30. The van der Waals surface area contributed by atoms with Gasteiger partial charge in [-0.1, -0.05) is 54.1 Å². The zero-order chi connectivity index (χ0) is 20.0. The molecule has 0 fully saturated rings. The van der Waals surface area contributed by atoms with E-state index in [1.165, 1.54) is 11.1 Å². The van der Waals surface area contributed by atoms with Gasteiger partial charge in [0.2, 0.25) is 0 Å². The van der Waals surface area contributed by atoms with E-state index in [-0.39, 0.29) is 11.6 Å². The quantitative estimate of drug-likeness (QED) is 0.416. The molecule has 3 aromatic carbocycles. The number of hydrogen-bond donors (Lipinski definition) is 0. The van der Waals surface area contributed by atoms with Gasteiger partial charge < -0.3 is 0 Å². The Kier molecular flexibility index (Phi) is 4.48. The summed E-state index contributed by atoms with van der Waals surface area (Å²) in [7, 11) is 0. The summed E-state index contributed by atoms with van der Waals surface area (Å²) in [6.07, 6.45) is 3.00. The Morgan fingerprint density at radius 2 is 1.83 bits per heavy atom. The Morgan fingerprint density at radius 3 is 2.69 bits per heavy atom. The molecule has 1 aliphatic carbocycles. The van der Waals surface area contributed by atoms with Crippen LogP contribution in [0.4, 0.5) is 0 Å². The van der Waals surface area contributed by atoms with Crippen LogP contribution in [0, 0.1) is 6.92 Å². The third-order valence-corrected chi connectivity index (χ3v) is 6.14. The molecule has 29 heavy (non-hydrogen) atoms. The normalized spacial score (nSPS) is 16.0. The molecule has 5 rings (SSSR count). The van der Waals surface area contributed by atoms with E-state index >= 15 is 0 Å². The maximum atomic E-state index is 13.7. The molecule has 0 bridgehead atoms. The lowest BCUT2D eigenvalue weighted by Gasteiger charge is -2.29. The molecule has 0 saturated heterocycles. The van der Waals surface area contributed by atoms with E-state index in [0.29, 0.717) is 21.7 Å². The van der Waals surface area contributed by atoms with Crippen LogP contribution in [0.5, 0.6) is 0 Å². The molecular formula is C25H21ClN2O. The maximum absolute atomic E-state index is 13.7. The van der Waals surface area contributed by atoms with E-state index in [1.807, 2.05) is 54.0 Å². The van der Waals surface area contributed by atoms with Crippen LogP contribution in [0.1, 0.15) is 35.6 Å². The Labute approximate surface area is 174 Å². The number of fused-ring (bicyclic) bond motifs is 2. The van der Waals surface area contributed by atoms with Crippen molar-refractivity contribution in [1.29, 1.82) is 0 Å². The summed E-state index contributed by atoms with van der Waals surface area (Å²) in [6, 6.07) is 21.8. The largest absolute Gasteiger partial charge is 0.284 e. The minimum absolute atomic E-state index is 0.0102. The fourth-order valence-electron chi connectivity index (χ4n) is 4.42. The lowest BCUT2D eigenvalue weighted by atomic mass is 9.87. The summed E-state index contributed by atoms with van der Waals surface area (Å²) in [4.78, 5) is 18.6. The number of nitrogens with zero attached hydrogens (tertiary/aromatic N) is 2. The topological polar surface area (TPSA) is 34.9 Å². The molecule has 0 aliphatic heterocycles. The first kappa shape index (κ1) is 18.1. The van der Waals surface area contributed by atoms with Crippen molar-refractivity contribution in [3.05, 3.63) is 98.8 Å². The lowest BCUT2D eigenvalue weighted by molar-refractivity contribution is 0.480. The van der Waals surface area contributed by atoms with E-state index in [0.717, 1.165) is 30.4 Å². The van der Waals surface area contributed by atoms with Gasteiger partial charge in [0.1, 0.15) is 5.82 Å². The molecule has 4 heteroatoms. The first-order valence-electron chi connectivity index (χ1n) is 9.99. The molecule has 1 heterocycles. The van der Waals surface area contributed by atoms with Gasteiger partial charge in [0.05, 0.1) is 22.0 Å². The summed E-state index contributed by atoms with van der Waals surface area (Å²) in [6.45, 7) is 2.01. The van der Waals surface area contributed by atoms with E-state index < -0.39 is 0 Å². The van der Waals surface area contributed by atoms with Gasteiger partial charge >= 0.3 is 0 Å². The number of halogens is 1. The van der Waals surface area contributed by atoms with Crippen LogP contribution in [0.3, 0.4) is 0 Å². The molecule has 3 nitrogen and oxygen atoms in total. The molecule has 144 valence electrons. The highest BCUT2D eigenvalue weighted by molar-refractivity contribution is 6.33. The number of para-hydroxylation sites is 1. The first-order chi connectivity index (χ1) is 14.1. The van der Waals surface area contributed by atoms with Crippen molar-refractivity contribution in [3.63, 3.8) is 0 Å². The minimum Gasteiger partial charge on any atom is -0.284 e. The molecule has 1 atom stereocenters. The van der Waals surface area contributed by atoms with Crippen molar-refractivity contribution < 1.29 is 0 Å². The third kappa shape index (κ3) is 3.06. The Balaban J connectivity index is 1.85. The Morgan fingerprint density at radius 1 is 1.03 bits per heavy atom. The molecule has 0 N–H and O–H groups in total. The van der Waals surface area contributed by atoms with Gasteiger partial charge in [-0.3, -0.25) is 9.36 Å². The summed E-state index contributed by atoms with van der Waals surface area (Å²) >= 11 is 6.62. The molecule has 0 radical (unpaired) electrons. The van der Waals surface area contributed by atoms with E-state index in [9.17, 15) is 4.79 Å². The van der Waals surface area contributed by atoms with Crippen LogP contribution >= 0.6 is 11.6 Å². The summed E-state index contributed by atoms with van der Waals surface area (Å²) < 4.78 is 1.87. The third-order valence-electron chi connectivity index (χ3n) is 5.82. The highest BCUT2D eigenvalue weighted by atomic mass is 35.5. The van der Waals surface area contributed by atoms with Crippen molar-refractivity contribution in [2.24, 2.45) is 0 Å². The Bertz CT molecular complexity index is 1290. The van der Waals surface area contributed by atoms with Gasteiger partial charge in [-0.15, -0.1) is 0 Å². The van der Waals surface area contributed by atoms with Crippen molar-refractivity contribution in [2.75, 3.05) is 0 Å². The number of aromatic nitrogens is 2. The van der Waals surface area contributed by atoms with Crippen LogP contribution in [-0.4, -0.2) is 9.55 Å². The average molecular weight is 401 g/mol. The van der Waals surface area contributed by atoms with E-state index in [2.05, 4.69) is 24.3 Å². The van der Waals surface area contributed by atoms with Gasteiger partial charge in [0, 0.05) is 5.56 Å². The maximum Gasteiger partial charge on any atom is 0.262 e. The van der Waals surface area contributed by atoms with E-state index in [1.54, 1.807) is 0 Å². The van der Waals surface area contributed by atoms with Crippen LogP contribution < -0.4 is 5.56 Å². The van der Waals surface area contributed by atoms with Crippen molar-refractivity contribution in [2.45, 2.75) is 32.2 Å². The standard InChI is InChI=1S/C25H21ClN2O/c1-16-13-14-19(21(26)15-16)24-27-22-11-5-4-10-20(22)25(29)28(24)23-12-6-8-17-7-2-3-9-18(17)23/h2-5,7,9-11,13-15,23H,6,8,12H2,1H3. The zero-order valence-corrected chi connectivity index (χ0v) is 17.0. The van der Waals surface area contributed by atoms with Crippen LogP contribution in [0.15, 0.2) is 71.5 Å². The van der Waals surface area contributed by atoms with Crippen molar-refractivity contribution in [3.8, 4) is 11.4 Å². The SMILES string of the molecule is Cc1ccc(-c2nc3ccccc3c(=O)n2C2CCCc3ccccc32)c(Cl)c1. The molecule has 0 spiro atoms. The van der Waals surface area contributed by atoms with E-state index in [4.69, 9.17) is 16.6 Å². The second-order valence-corrected chi connectivity index (χ2v) is 8.13. The second kappa shape index (κ2) is 7.16. The molecule has 4 aromatic rings. The molecule has 1 aromatic heterocycles. The predicted octanol–water partition coefficient (Wildman–Crippen LogP) is 5.95. The summed E-state index contributed by atoms with van der Waals surface area (Å²) in [5, 5.41) is 1.26. The molecule has 1 unspecified atom stereocenters. The van der Waals surface area contributed by atoms with Crippen molar-refractivity contribution in [1.82, 2.24) is 9.55 Å². The van der Waals surface area contributed by atoms with Crippen molar-refractivity contribution >= 4 is 22.5 Å². The molecular weight excluding hydrogens is 380 g/mol. The monoisotopic (exact) mass is 400 g/mol. The molecule has 1 aliphatic rings. The average Bonchev–Trinajstić information content (AvgIpc) is 2.74. The zero-order valence-electron chi connectivity index (χ0n) is 16.2. The van der Waals surface area contributed by atoms with Crippen LogP contribution in [0.2, 0.25) is 5.02 Å². The van der Waals surface area contributed by atoms with Crippen LogP contribution in [0.25, 0.3) is 22.3 Å². The fourth-order valence-corrected chi connectivity index (χ4v) is 4.74. The van der Waals surface area contributed by atoms with Gasteiger partial charge in [0.25, 0.3) is 5.56 Å². The first-order valence-corrected chi connectivity index (χ1v) is 10.4. The smallest absolute Gasteiger partial charge is 0.262 e. The fraction of sp³-hybridized carbons (Fsp3) is 0.200. The van der Waals surface area contributed by atoms with Crippen LogP contribution in [-0.2, 0) is 6.42 Å². The summed E-state index contributed by atoms with van der Waals surface area (Å²) in [5.41, 5.74) is 5.08. The summed E-state index contributed by atoms with van der Waals surface area (Å²) in [5.74, 6) is 0.639. The van der Waals surface area contributed by atoms with Gasteiger partial charge in [-0.05, 0) is 67.1 Å². The number of aryl methyl sites for hydroxylation is 2. The van der Waals surface area contributed by atoms with Gasteiger partial charge in [-0.25, -0.2) is 4.98 Å². The van der Waals surface area contributed by atoms with Gasteiger partial charge in [0.15, 0.2) is 0 Å². The number of rotatable bonds is 2. The predicted molar refractivity (Wildman–Crippen MR) is 119 cm³/mol. The minimum atomic E-state index is -0.0445. The number of benzene rings is 3. The number of hydrogen-bond acceptors (Lipinski definition) is 2. The molecule has 0 amide bonds.